The van der Waals surface area contributed by atoms with Crippen molar-refractivity contribution in [3.8, 4) is 22.9 Å². The van der Waals surface area contributed by atoms with E-state index in [0.717, 1.165) is 12.8 Å². The molecule has 8 rings (SSSR count). The maximum absolute atomic E-state index is 16.8. The zero-order valence-electron chi connectivity index (χ0n) is 25.6. The van der Waals surface area contributed by atoms with Gasteiger partial charge in [0.15, 0.2) is 5.82 Å². The lowest BCUT2D eigenvalue weighted by Gasteiger charge is -2.40. The summed E-state index contributed by atoms with van der Waals surface area (Å²) >= 11 is 6.50. The number of alkyl halides is 2. The molecule has 3 aromatic carbocycles. The normalized spacial score (nSPS) is 29.3. The number of phenolic OH excluding ortho intramolecular Hbond substituents is 1. The molecule has 1 aromatic heterocycles. The lowest BCUT2D eigenvalue weighted by Crippen LogP contribution is -2.58. The summed E-state index contributed by atoms with van der Waals surface area (Å²) in [5, 5.41) is 28.0. The Kier molecular flexibility index (Phi) is 7.08. The number of fused-ring (bicyclic) bond motifs is 4. The molecule has 4 N–H and O–H groups in total. The molecule has 0 radical (unpaired) electrons. The van der Waals surface area contributed by atoms with E-state index in [2.05, 4.69) is 27.5 Å². The average Bonchev–Trinajstić information content (AvgIpc) is 3.43. The van der Waals surface area contributed by atoms with E-state index in [0.29, 0.717) is 36.7 Å². The first-order valence-electron chi connectivity index (χ1n) is 15.9. The van der Waals surface area contributed by atoms with Crippen molar-refractivity contribution in [2.75, 3.05) is 31.1 Å². The third-order valence-corrected chi connectivity index (χ3v) is 10.7. The highest BCUT2D eigenvalue weighted by atomic mass is 35.5. The highest BCUT2D eigenvalue weighted by Crippen LogP contribution is 2.60. The van der Waals surface area contributed by atoms with Crippen molar-refractivity contribution in [2.24, 2.45) is 5.41 Å². The van der Waals surface area contributed by atoms with Gasteiger partial charge in [-0.05, 0) is 62.3 Å². The fourth-order valence-corrected chi connectivity index (χ4v) is 7.94. The Hall–Kier alpha value is -3.45. The molecular weight excluding hydrogens is 638 g/mol. The van der Waals surface area contributed by atoms with Gasteiger partial charge >= 0.3 is 6.01 Å². The van der Waals surface area contributed by atoms with E-state index in [1.807, 2.05) is 4.90 Å². The molecule has 248 valence electrons. The summed E-state index contributed by atoms with van der Waals surface area (Å²) in [6.07, 6.45) is 2.03. The third kappa shape index (κ3) is 5.24. The Morgan fingerprint density at radius 2 is 1.96 bits per heavy atom. The van der Waals surface area contributed by atoms with Crippen LogP contribution < -0.4 is 20.3 Å². The molecule has 0 amide bonds. The highest BCUT2D eigenvalue weighted by molar-refractivity contribution is 6.36. The van der Waals surface area contributed by atoms with Gasteiger partial charge in [0.1, 0.15) is 29.5 Å². The largest absolute Gasteiger partial charge is 0.508 e. The number of halogens is 5. The minimum absolute atomic E-state index is 0.0231. The number of rotatable bonds is 8. The molecule has 2 bridgehead atoms. The van der Waals surface area contributed by atoms with E-state index in [4.69, 9.17) is 16.3 Å². The molecular formula is C34H34ClF4N5O3. The molecule has 4 aliphatic rings. The summed E-state index contributed by atoms with van der Waals surface area (Å²) in [4.78, 5) is 10.9. The number of aliphatic hydroxyl groups is 1. The number of aliphatic hydroxyl groups excluding tert-OH is 1. The highest BCUT2D eigenvalue weighted by Gasteiger charge is 2.71. The number of piperazine rings is 1. The first-order chi connectivity index (χ1) is 22.3. The molecule has 2 aliphatic carbocycles. The maximum Gasteiger partial charge on any atom is 0.319 e. The predicted molar refractivity (Wildman–Crippen MR) is 170 cm³/mol. The number of aromatic nitrogens is 2. The van der Waals surface area contributed by atoms with Crippen molar-refractivity contribution in [2.45, 2.75) is 68.7 Å². The molecule has 47 heavy (non-hydrogen) atoms. The number of hydrogen-bond donors (Lipinski definition) is 4. The lowest BCUT2D eigenvalue weighted by molar-refractivity contribution is 0.0271. The number of phenols is 1. The van der Waals surface area contributed by atoms with Crippen LogP contribution in [0.4, 0.5) is 23.4 Å². The summed E-state index contributed by atoms with van der Waals surface area (Å²) in [6, 6.07) is 8.64. The van der Waals surface area contributed by atoms with Crippen molar-refractivity contribution < 1.29 is 32.5 Å². The van der Waals surface area contributed by atoms with E-state index >= 15 is 8.78 Å². The molecule has 2 saturated carbocycles. The van der Waals surface area contributed by atoms with Gasteiger partial charge in [-0.25, -0.2) is 17.6 Å². The quantitative estimate of drug-likeness (QED) is 0.171. The molecule has 13 heteroatoms. The van der Waals surface area contributed by atoms with Gasteiger partial charge in [0.2, 0.25) is 0 Å². The van der Waals surface area contributed by atoms with E-state index in [1.54, 1.807) is 18.2 Å². The first-order valence-corrected chi connectivity index (χ1v) is 16.3. The molecule has 2 aliphatic heterocycles. The van der Waals surface area contributed by atoms with Crippen molar-refractivity contribution in [3.63, 3.8) is 0 Å². The smallest absolute Gasteiger partial charge is 0.319 e. The van der Waals surface area contributed by atoms with Crippen LogP contribution >= 0.6 is 11.6 Å². The third-order valence-electron chi connectivity index (χ3n) is 10.4. The Labute approximate surface area is 273 Å². The minimum atomic E-state index is -2.98. The summed E-state index contributed by atoms with van der Waals surface area (Å²) in [5.41, 5.74) is -2.37. The molecule has 8 nitrogen and oxygen atoms in total. The van der Waals surface area contributed by atoms with Crippen LogP contribution in [-0.4, -0.2) is 76.1 Å². The van der Waals surface area contributed by atoms with Crippen LogP contribution in [0.2, 0.25) is 5.02 Å². The van der Waals surface area contributed by atoms with Crippen LogP contribution in [0.1, 0.15) is 39.0 Å². The summed E-state index contributed by atoms with van der Waals surface area (Å²) < 4.78 is 68.3. The van der Waals surface area contributed by atoms with Crippen LogP contribution in [0, 0.1) is 17.0 Å². The molecule has 4 aromatic rings. The monoisotopic (exact) mass is 671 g/mol. The van der Waals surface area contributed by atoms with E-state index in [9.17, 15) is 19.0 Å². The number of anilines is 1. The molecule has 4 fully saturated rings. The molecule has 0 spiro atoms. The van der Waals surface area contributed by atoms with Gasteiger partial charge in [-0.15, -0.1) is 0 Å². The van der Waals surface area contributed by atoms with Gasteiger partial charge in [0, 0.05) is 65.0 Å². The summed E-state index contributed by atoms with van der Waals surface area (Å²) in [7, 11) is 0. The number of aromatic hydroxyl groups is 1. The Morgan fingerprint density at radius 1 is 1.17 bits per heavy atom. The van der Waals surface area contributed by atoms with Crippen LogP contribution in [0.3, 0.4) is 0 Å². The van der Waals surface area contributed by atoms with Crippen LogP contribution in [0.25, 0.3) is 32.8 Å². The summed E-state index contributed by atoms with van der Waals surface area (Å²) in [6.45, 7) is 2.68. The van der Waals surface area contributed by atoms with Crippen LogP contribution in [-0.2, 0) is 0 Å². The second kappa shape index (κ2) is 10.8. The van der Waals surface area contributed by atoms with E-state index in [-0.39, 0.29) is 63.2 Å². The number of ether oxygens (including phenoxy) is 1. The second-order valence-electron chi connectivity index (χ2n) is 14.1. The predicted octanol–water partition coefficient (Wildman–Crippen LogP) is 5.94. The van der Waals surface area contributed by atoms with Gasteiger partial charge < -0.3 is 30.5 Å². The van der Waals surface area contributed by atoms with Gasteiger partial charge in [0.05, 0.1) is 17.1 Å². The second-order valence-corrected chi connectivity index (χ2v) is 14.5. The zero-order chi connectivity index (χ0) is 32.9. The Morgan fingerprint density at radius 3 is 2.68 bits per heavy atom. The molecule has 0 unspecified atom stereocenters. The fraction of sp³-hybridized carbons (Fsp3) is 0.471. The minimum Gasteiger partial charge on any atom is -0.508 e. The van der Waals surface area contributed by atoms with Crippen molar-refractivity contribution in [1.82, 2.24) is 20.6 Å². The molecule has 3 atom stereocenters. The first kappa shape index (κ1) is 30.9. The van der Waals surface area contributed by atoms with Crippen LogP contribution in [0.5, 0.6) is 11.8 Å². The van der Waals surface area contributed by atoms with Crippen molar-refractivity contribution in [3.05, 3.63) is 53.1 Å². The van der Waals surface area contributed by atoms with Gasteiger partial charge in [0.25, 0.3) is 5.92 Å². The number of hydrogen-bond acceptors (Lipinski definition) is 8. The number of nitrogens with zero attached hydrogens (tertiary/aromatic N) is 3. The van der Waals surface area contributed by atoms with Crippen molar-refractivity contribution >= 4 is 39.1 Å². The fourth-order valence-electron chi connectivity index (χ4n) is 7.66. The molecule has 2 saturated heterocycles. The zero-order valence-corrected chi connectivity index (χ0v) is 26.4. The van der Waals surface area contributed by atoms with Gasteiger partial charge in [-0.1, -0.05) is 23.7 Å². The maximum atomic E-state index is 16.8. The lowest BCUT2D eigenvalue weighted by atomic mass is 9.89. The van der Waals surface area contributed by atoms with Gasteiger partial charge in [-0.3, -0.25) is 0 Å². The topological polar surface area (TPSA) is 103 Å². The Bertz CT molecular complexity index is 1930. The molecule has 3 heterocycles. The SMILES string of the molecule is C[C@]12CC[C@H](CN(c3nc(OC[C@]4(CNC5CC(O)C5)CC4(F)F)nc4c(F)c(-c5cc(O)cc6cccc(Cl)c56)c(F)cc34)C1)N2. The summed E-state index contributed by atoms with van der Waals surface area (Å²) in [5.74, 6) is -4.84. The number of benzene rings is 3. The van der Waals surface area contributed by atoms with E-state index in [1.165, 1.54) is 18.2 Å². The van der Waals surface area contributed by atoms with Gasteiger partial charge in [-0.2, -0.15) is 9.97 Å². The number of nitrogens with one attached hydrogen (secondary N) is 2. The van der Waals surface area contributed by atoms with E-state index < -0.39 is 47.7 Å². The van der Waals surface area contributed by atoms with Crippen LogP contribution in [0.15, 0.2) is 36.4 Å². The standard InChI is InChI=1S/C34H34ClF4N5O3/c1-32-6-5-18(43-32)12-44(15-32)30-23-11-25(36)27(22-10-20(45)7-17-3-2-4-24(35)26(17)22)28(37)29(23)41-31(42-30)47-16-33(13-34(33,38)39)14-40-19-8-21(46)9-19/h2-4,7,10-11,18-19,21,40,43,45-46H,5-6,8-9,12-16H2,1H3/t18-,19?,21?,32+,33-/m1/s1. The van der Waals surface area contributed by atoms with Crippen molar-refractivity contribution in [1.29, 1.82) is 0 Å². The Balaban J connectivity index is 1.23. The average molecular weight is 672 g/mol.